The molecule has 1 aromatic carbocycles. The van der Waals surface area contributed by atoms with E-state index in [1.54, 1.807) is 0 Å². The van der Waals surface area contributed by atoms with Crippen LogP contribution in [0.5, 0.6) is 23.0 Å². The Morgan fingerprint density at radius 1 is 0.833 bits per heavy atom. The Bertz CT molecular complexity index is 494. The predicted octanol–water partition coefficient (Wildman–Crippen LogP) is 1.39. The van der Waals surface area contributed by atoms with Crippen molar-refractivity contribution < 1.29 is 28.5 Å². The Morgan fingerprint density at radius 2 is 1.33 bits per heavy atom. The number of carbonyl (C=O) groups excluding carboxylic acids is 1. The van der Waals surface area contributed by atoms with Crippen molar-refractivity contribution in [2.75, 3.05) is 28.4 Å². The van der Waals surface area contributed by atoms with Crippen LogP contribution in [0.15, 0.2) is 0 Å². The van der Waals surface area contributed by atoms with E-state index in [9.17, 15) is 4.79 Å². The van der Waals surface area contributed by atoms with E-state index in [4.69, 9.17) is 23.7 Å². The minimum absolute atomic E-state index is 0.133. The van der Waals surface area contributed by atoms with Gasteiger partial charge in [-0.05, 0) is 0 Å². The molecule has 0 fully saturated rings. The van der Waals surface area contributed by atoms with Crippen molar-refractivity contribution in [3.8, 4) is 23.0 Å². The number of ether oxygens (including phenoxy) is 5. The van der Waals surface area contributed by atoms with Gasteiger partial charge in [0.25, 0.3) is 0 Å². The molecule has 2 rings (SSSR count). The number of hydrogen-bond donors (Lipinski definition) is 0. The zero-order valence-corrected chi connectivity index (χ0v) is 10.7. The van der Waals surface area contributed by atoms with Crippen LogP contribution >= 0.6 is 0 Å². The van der Waals surface area contributed by atoms with Crippen molar-refractivity contribution in [3.63, 3.8) is 0 Å². The third-order valence-corrected chi connectivity index (χ3v) is 2.79. The first-order valence-electron chi connectivity index (χ1n) is 5.25. The minimum atomic E-state index is -0.457. The molecule has 0 unspecified atom stereocenters. The first-order chi connectivity index (χ1) is 8.69. The highest BCUT2D eigenvalue weighted by atomic mass is 16.6. The fourth-order valence-corrected chi connectivity index (χ4v) is 2.05. The monoisotopic (exact) mass is 254 g/mol. The van der Waals surface area contributed by atoms with E-state index in [-0.39, 0.29) is 6.61 Å². The Balaban J connectivity index is 2.82. The van der Waals surface area contributed by atoms with Crippen molar-refractivity contribution in [2.24, 2.45) is 0 Å². The quantitative estimate of drug-likeness (QED) is 0.757. The summed E-state index contributed by atoms with van der Waals surface area (Å²) in [6.07, 6.45) is 0. The second-order valence-electron chi connectivity index (χ2n) is 3.56. The summed E-state index contributed by atoms with van der Waals surface area (Å²) < 4.78 is 26.0. The van der Waals surface area contributed by atoms with Crippen LogP contribution in [0.2, 0.25) is 0 Å². The number of esters is 1. The molecule has 0 bridgehead atoms. The molecule has 1 aliphatic heterocycles. The summed E-state index contributed by atoms with van der Waals surface area (Å²) in [4.78, 5) is 11.7. The van der Waals surface area contributed by atoms with Crippen molar-refractivity contribution in [2.45, 2.75) is 6.61 Å². The van der Waals surface area contributed by atoms with Crippen molar-refractivity contribution in [1.29, 1.82) is 0 Å². The summed E-state index contributed by atoms with van der Waals surface area (Å²) >= 11 is 0. The molecule has 1 aliphatic rings. The lowest BCUT2D eigenvalue weighted by atomic mass is 10.1. The molecule has 0 spiro atoms. The van der Waals surface area contributed by atoms with Gasteiger partial charge in [-0.2, -0.15) is 0 Å². The van der Waals surface area contributed by atoms with E-state index in [0.717, 1.165) is 0 Å². The van der Waals surface area contributed by atoms with Gasteiger partial charge in [-0.15, -0.1) is 0 Å². The summed E-state index contributed by atoms with van der Waals surface area (Å²) in [7, 11) is 5.90. The lowest BCUT2D eigenvalue weighted by Gasteiger charge is -2.17. The Hall–Kier alpha value is -2.11. The van der Waals surface area contributed by atoms with Gasteiger partial charge in [-0.1, -0.05) is 0 Å². The normalized spacial score (nSPS) is 12.8. The second kappa shape index (κ2) is 4.64. The Kier molecular flexibility index (Phi) is 3.18. The molecule has 1 heterocycles. The van der Waals surface area contributed by atoms with E-state index in [1.807, 2.05) is 0 Å². The van der Waals surface area contributed by atoms with Crippen molar-refractivity contribution >= 4 is 5.97 Å². The molecule has 0 N–H and O–H groups in total. The molecule has 0 aliphatic carbocycles. The highest BCUT2D eigenvalue weighted by Gasteiger charge is 2.35. The van der Waals surface area contributed by atoms with E-state index >= 15 is 0 Å². The molecule has 0 aromatic heterocycles. The molecule has 18 heavy (non-hydrogen) atoms. The van der Waals surface area contributed by atoms with Gasteiger partial charge in [0, 0.05) is 0 Å². The van der Waals surface area contributed by atoms with Gasteiger partial charge in [0.15, 0.2) is 11.5 Å². The van der Waals surface area contributed by atoms with E-state index in [2.05, 4.69) is 0 Å². The number of hydrogen-bond acceptors (Lipinski definition) is 6. The first kappa shape index (κ1) is 12.3. The number of methoxy groups -OCH3 is 4. The number of benzene rings is 1. The summed E-state index contributed by atoms with van der Waals surface area (Å²) in [6, 6.07) is 0. The lowest BCUT2D eigenvalue weighted by molar-refractivity contribution is 0.0531. The van der Waals surface area contributed by atoms with Crippen LogP contribution in [0.25, 0.3) is 0 Å². The van der Waals surface area contributed by atoms with E-state index in [1.165, 1.54) is 28.4 Å². The molecule has 1 aromatic rings. The highest BCUT2D eigenvalue weighted by molar-refractivity contribution is 5.99. The molecule has 98 valence electrons. The zero-order chi connectivity index (χ0) is 13.3. The van der Waals surface area contributed by atoms with Crippen LogP contribution in [-0.2, 0) is 11.3 Å². The summed E-state index contributed by atoms with van der Waals surface area (Å²) in [5, 5.41) is 0. The molecule has 6 heteroatoms. The number of cyclic esters (lactones) is 1. The average molecular weight is 254 g/mol. The van der Waals surface area contributed by atoms with Crippen LogP contribution in [0.1, 0.15) is 15.9 Å². The molecule has 0 saturated heterocycles. The largest absolute Gasteiger partial charge is 0.492 e. The van der Waals surface area contributed by atoms with Gasteiger partial charge < -0.3 is 23.7 Å². The van der Waals surface area contributed by atoms with Crippen LogP contribution in [0.4, 0.5) is 0 Å². The highest BCUT2D eigenvalue weighted by Crippen LogP contribution is 2.51. The fourth-order valence-electron chi connectivity index (χ4n) is 2.05. The van der Waals surface area contributed by atoms with Crippen molar-refractivity contribution in [3.05, 3.63) is 11.1 Å². The number of rotatable bonds is 4. The van der Waals surface area contributed by atoms with Gasteiger partial charge in [-0.3, -0.25) is 0 Å². The number of fused-ring (bicyclic) bond motifs is 1. The van der Waals surface area contributed by atoms with Crippen LogP contribution in [0.3, 0.4) is 0 Å². The third kappa shape index (κ3) is 1.53. The van der Waals surface area contributed by atoms with Gasteiger partial charge in [0.2, 0.25) is 11.5 Å². The molecular weight excluding hydrogens is 240 g/mol. The van der Waals surface area contributed by atoms with Gasteiger partial charge in [0.1, 0.15) is 12.2 Å². The average Bonchev–Trinajstić information content (AvgIpc) is 2.77. The minimum Gasteiger partial charge on any atom is -0.492 e. The summed E-state index contributed by atoms with van der Waals surface area (Å²) in [5.74, 6) is 0.966. The van der Waals surface area contributed by atoms with Crippen LogP contribution < -0.4 is 18.9 Å². The second-order valence-corrected chi connectivity index (χ2v) is 3.56. The van der Waals surface area contributed by atoms with Crippen LogP contribution in [0, 0.1) is 0 Å². The molecule has 0 radical (unpaired) electrons. The Labute approximate surface area is 104 Å². The topological polar surface area (TPSA) is 63.2 Å². The smallest absolute Gasteiger partial charge is 0.342 e. The maximum absolute atomic E-state index is 11.7. The van der Waals surface area contributed by atoms with Crippen LogP contribution in [-0.4, -0.2) is 34.4 Å². The third-order valence-electron chi connectivity index (χ3n) is 2.79. The summed E-state index contributed by atoms with van der Waals surface area (Å²) in [6.45, 7) is 0.133. The molecule has 6 nitrogen and oxygen atoms in total. The maximum atomic E-state index is 11.7. The number of carbonyl (C=O) groups is 1. The molecule has 0 saturated carbocycles. The lowest BCUT2D eigenvalue weighted by Crippen LogP contribution is -2.05. The molecule has 0 amide bonds. The maximum Gasteiger partial charge on any atom is 0.342 e. The molecule has 0 atom stereocenters. The standard InChI is InChI=1S/C12H14O6/c1-14-8-6-5-18-12(13)7(6)9(15-2)11(17-4)10(8)16-3/h5H2,1-4H3. The predicted molar refractivity (Wildman–Crippen MR) is 61.8 cm³/mol. The first-order valence-corrected chi connectivity index (χ1v) is 5.25. The molecular formula is C12H14O6. The van der Waals surface area contributed by atoms with Crippen molar-refractivity contribution in [1.82, 2.24) is 0 Å². The van der Waals surface area contributed by atoms with Gasteiger partial charge >= 0.3 is 5.97 Å². The SMILES string of the molecule is COc1c2c(c(OC)c(OC)c1OC)C(=O)OC2. The van der Waals surface area contributed by atoms with Gasteiger partial charge in [-0.25, -0.2) is 4.79 Å². The Morgan fingerprint density at radius 3 is 1.83 bits per heavy atom. The summed E-state index contributed by atoms with van der Waals surface area (Å²) in [5.41, 5.74) is 0.934. The fraction of sp³-hybridized carbons (Fsp3) is 0.417. The van der Waals surface area contributed by atoms with E-state index < -0.39 is 5.97 Å². The van der Waals surface area contributed by atoms with Gasteiger partial charge in [0.05, 0.1) is 34.0 Å². The zero-order valence-electron chi connectivity index (χ0n) is 10.7. The van der Waals surface area contributed by atoms with E-state index in [0.29, 0.717) is 34.1 Å².